The highest BCUT2D eigenvalue weighted by atomic mass is 35.5. The standard InChI is InChI=1S/C20H15Cl2NO3/c1-25-15-5-3-14(4-6-15)23-20(24)11-8-16-7-10-19(26-16)17-12-13(21)2-9-18(17)22/h2-12H,1H3,(H,23,24). The third kappa shape index (κ3) is 4.48. The Morgan fingerprint density at radius 1 is 1.08 bits per heavy atom. The largest absolute Gasteiger partial charge is 0.497 e. The highest BCUT2D eigenvalue weighted by molar-refractivity contribution is 6.35. The average molecular weight is 388 g/mol. The van der Waals surface area contributed by atoms with Gasteiger partial charge in [-0.05, 0) is 60.7 Å². The fourth-order valence-corrected chi connectivity index (χ4v) is 2.67. The van der Waals surface area contributed by atoms with E-state index in [1.165, 1.54) is 6.08 Å². The van der Waals surface area contributed by atoms with Gasteiger partial charge in [0, 0.05) is 22.3 Å². The zero-order chi connectivity index (χ0) is 18.5. The molecule has 1 amide bonds. The summed E-state index contributed by atoms with van der Waals surface area (Å²) in [5, 5.41) is 3.86. The van der Waals surface area contributed by atoms with Crippen LogP contribution in [0, 0.1) is 0 Å². The van der Waals surface area contributed by atoms with Crippen LogP contribution in [0.4, 0.5) is 5.69 Å². The number of rotatable bonds is 5. The number of ether oxygens (including phenoxy) is 1. The van der Waals surface area contributed by atoms with Crippen molar-refractivity contribution in [2.24, 2.45) is 0 Å². The molecule has 0 aliphatic carbocycles. The van der Waals surface area contributed by atoms with Crippen LogP contribution < -0.4 is 10.1 Å². The molecule has 0 fully saturated rings. The number of hydrogen-bond donors (Lipinski definition) is 1. The van der Waals surface area contributed by atoms with E-state index in [9.17, 15) is 4.79 Å². The van der Waals surface area contributed by atoms with Crippen molar-refractivity contribution in [2.45, 2.75) is 0 Å². The molecule has 0 saturated heterocycles. The third-order valence-corrected chi connectivity index (χ3v) is 4.14. The lowest BCUT2D eigenvalue weighted by Crippen LogP contribution is -2.07. The summed E-state index contributed by atoms with van der Waals surface area (Å²) in [6, 6.07) is 15.7. The minimum atomic E-state index is -0.270. The van der Waals surface area contributed by atoms with Crippen LogP contribution in [0.1, 0.15) is 5.76 Å². The first-order valence-corrected chi connectivity index (χ1v) is 8.49. The number of furan rings is 1. The number of benzene rings is 2. The molecule has 0 spiro atoms. The summed E-state index contributed by atoms with van der Waals surface area (Å²) in [6.45, 7) is 0. The SMILES string of the molecule is COc1ccc(NC(=O)C=Cc2ccc(-c3cc(Cl)ccc3Cl)o2)cc1. The molecule has 0 aliphatic heterocycles. The first kappa shape index (κ1) is 18.1. The second-order valence-electron chi connectivity index (χ2n) is 5.38. The zero-order valence-electron chi connectivity index (χ0n) is 13.8. The summed E-state index contributed by atoms with van der Waals surface area (Å²) < 4.78 is 10.8. The Morgan fingerprint density at radius 3 is 2.58 bits per heavy atom. The molecule has 1 heterocycles. The Hall–Kier alpha value is -2.69. The van der Waals surface area contributed by atoms with Crippen molar-refractivity contribution in [1.29, 1.82) is 0 Å². The molecule has 132 valence electrons. The molecule has 0 aliphatic rings. The first-order valence-electron chi connectivity index (χ1n) is 7.73. The number of carbonyl (C=O) groups excluding carboxylic acids is 1. The molecule has 0 saturated carbocycles. The number of halogens is 2. The molecule has 0 radical (unpaired) electrons. The van der Waals surface area contributed by atoms with Crippen LogP contribution in [-0.4, -0.2) is 13.0 Å². The van der Waals surface area contributed by atoms with Gasteiger partial charge in [0.1, 0.15) is 17.3 Å². The Balaban J connectivity index is 1.67. The van der Waals surface area contributed by atoms with Crippen LogP contribution in [0.2, 0.25) is 10.0 Å². The second-order valence-corrected chi connectivity index (χ2v) is 6.22. The van der Waals surface area contributed by atoms with Gasteiger partial charge in [-0.15, -0.1) is 0 Å². The highest BCUT2D eigenvalue weighted by Gasteiger charge is 2.09. The van der Waals surface area contributed by atoms with Gasteiger partial charge in [-0.2, -0.15) is 0 Å². The number of carbonyl (C=O) groups is 1. The highest BCUT2D eigenvalue weighted by Crippen LogP contribution is 2.32. The van der Waals surface area contributed by atoms with E-state index in [0.29, 0.717) is 32.8 Å². The van der Waals surface area contributed by atoms with Crippen LogP contribution in [0.3, 0.4) is 0 Å². The van der Waals surface area contributed by atoms with Gasteiger partial charge < -0.3 is 14.5 Å². The van der Waals surface area contributed by atoms with Crippen molar-refractivity contribution in [3.05, 3.63) is 76.5 Å². The van der Waals surface area contributed by atoms with Crippen LogP contribution in [0.5, 0.6) is 5.75 Å². The van der Waals surface area contributed by atoms with Gasteiger partial charge in [-0.25, -0.2) is 0 Å². The number of anilines is 1. The fourth-order valence-electron chi connectivity index (χ4n) is 2.29. The monoisotopic (exact) mass is 387 g/mol. The van der Waals surface area contributed by atoms with Crippen molar-refractivity contribution in [2.75, 3.05) is 12.4 Å². The normalized spacial score (nSPS) is 10.9. The molecule has 1 N–H and O–H groups in total. The second kappa shape index (κ2) is 8.13. The summed E-state index contributed by atoms with van der Waals surface area (Å²) in [7, 11) is 1.59. The Kier molecular flexibility index (Phi) is 5.66. The van der Waals surface area contributed by atoms with Crippen LogP contribution in [0.15, 0.2) is 65.1 Å². The molecule has 0 bridgehead atoms. The van der Waals surface area contributed by atoms with E-state index in [2.05, 4.69) is 5.32 Å². The maximum Gasteiger partial charge on any atom is 0.248 e. The van der Waals surface area contributed by atoms with E-state index in [1.54, 1.807) is 67.8 Å². The van der Waals surface area contributed by atoms with Crippen LogP contribution >= 0.6 is 23.2 Å². The molecule has 0 unspecified atom stereocenters. The molecular weight excluding hydrogens is 373 g/mol. The lowest BCUT2D eigenvalue weighted by atomic mass is 10.2. The predicted octanol–water partition coefficient (Wildman–Crippen LogP) is 5.91. The number of methoxy groups -OCH3 is 1. The zero-order valence-corrected chi connectivity index (χ0v) is 15.3. The van der Waals surface area contributed by atoms with E-state index in [-0.39, 0.29) is 5.91 Å². The third-order valence-electron chi connectivity index (χ3n) is 3.58. The molecular formula is C20H15Cl2NO3. The summed E-state index contributed by atoms with van der Waals surface area (Å²) >= 11 is 12.2. The summed E-state index contributed by atoms with van der Waals surface area (Å²) in [5.74, 6) is 1.56. The molecule has 3 aromatic rings. The topological polar surface area (TPSA) is 51.5 Å². The smallest absolute Gasteiger partial charge is 0.248 e. The number of nitrogens with one attached hydrogen (secondary N) is 1. The van der Waals surface area contributed by atoms with Crippen molar-refractivity contribution in [1.82, 2.24) is 0 Å². The summed E-state index contributed by atoms with van der Waals surface area (Å²) in [4.78, 5) is 12.0. The molecule has 4 nitrogen and oxygen atoms in total. The first-order chi connectivity index (χ1) is 12.5. The molecule has 3 rings (SSSR count). The van der Waals surface area contributed by atoms with Gasteiger partial charge in [0.25, 0.3) is 0 Å². The van der Waals surface area contributed by atoms with Crippen LogP contribution in [0.25, 0.3) is 17.4 Å². The molecule has 26 heavy (non-hydrogen) atoms. The van der Waals surface area contributed by atoms with Gasteiger partial charge in [-0.1, -0.05) is 23.2 Å². The molecule has 1 aromatic heterocycles. The van der Waals surface area contributed by atoms with Crippen LogP contribution in [-0.2, 0) is 4.79 Å². The van der Waals surface area contributed by atoms with Crippen molar-refractivity contribution in [3.8, 4) is 17.1 Å². The number of hydrogen-bond acceptors (Lipinski definition) is 3. The van der Waals surface area contributed by atoms with Crippen molar-refractivity contribution >= 4 is 40.9 Å². The summed E-state index contributed by atoms with van der Waals surface area (Å²) in [5.41, 5.74) is 1.37. The van der Waals surface area contributed by atoms with Gasteiger partial charge in [0.15, 0.2) is 0 Å². The average Bonchev–Trinajstić information content (AvgIpc) is 3.11. The van der Waals surface area contributed by atoms with Gasteiger partial charge >= 0.3 is 0 Å². The maximum absolute atomic E-state index is 12.0. The van der Waals surface area contributed by atoms with E-state index in [1.807, 2.05) is 0 Å². The Labute approximate surface area is 161 Å². The quantitative estimate of drug-likeness (QED) is 0.553. The van der Waals surface area contributed by atoms with E-state index in [0.717, 1.165) is 5.75 Å². The minimum Gasteiger partial charge on any atom is -0.497 e. The van der Waals surface area contributed by atoms with Gasteiger partial charge in [-0.3, -0.25) is 4.79 Å². The van der Waals surface area contributed by atoms with E-state index < -0.39 is 0 Å². The van der Waals surface area contributed by atoms with Gasteiger partial charge in [0.2, 0.25) is 5.91 Å². The molecule has 2 aromatic carbocycles. The molecule has 6 heteroatoms. The fraction of sp³-hybridized carbons (Fsp3) is 0.0500. The Morgan fingerprint density at radius 2 is 1.85 bits per heavy atom. The van der Waals surface area contributed by atoms with Gasteiger partial charge in [0.05, 0.1) is 12.1 Å². The lowest BCUT2D eigenvalue weighted by molar-refractivity contribution is -0.111. The van der Waals surface area contributed by atoms with E-state index in [4.69, 9.17) is 32.4 Å². The van der Waals surface area contributed by atoms with Crippen molar-refractivity contribution < 1.29 is 13.9 Å². The summed E-state index contributed by atoms with van der Waals surface area (Å²) in [6.07, 6.45) is 2.98. The van der Waals surface area contributed by atoms with Crippen molar-refractivity contribution in [3.63, 3.8) is 0 Å². The van der Waals surface area contributed by atoms with E-state index >= 15 is 0 Å². The Bertz CT molecular complexity index is 946. The molecule has 0 atom stereocenters. The lowest BCUT2D eigenvalue weighted by Gasteiger charge is -2.03. The predicted molar refractivity (Wildman–Crippen MR) is 105 cm³/mol. The number of amides is 1. The maximum atomic E-state index is 12.0. The minimum absolute atomic E-state index is 0.270.